The minimum absolute atomic E-state index is 0.315. The Bertz CT molecular complexity index is 1390. The first-order chi connectivity index (χ1) is 16.5. The van der Waals surface area contributed by atoms with Crippen LogP contribution in [0.1, 0.15) is 28.4 Å². The van der Waals surface area contributed by atoms with Crippen molar-refractivity contribution in [3.05, 3.63) is 94.5 Å². The van der Waals surface area contributed by atoms with Gasteiger partial charge in [0.15, 0.2) is 0 Å². The van der Waals surface area contributed by atoms with Crippen molar-refractivity contribution in [2.24, 2.45) is 5.10 Å². The smallest absolute Gasteiger partial charge is 0.260 e. The molecule has 35 heavy (non-hydrogen) atoms. The summed E-state index contributed by atoms with van der Waals surface area (Å²) in [4.78, 5) is 25.0. The van der Waals surface area contributed by atoms with Crippen LogP contribution in [-0.2, 0) is 14.8 Å². The van der Waals surface area contributed by atoms with Crippen LogP contribution in [0.15, 0.2) is 77.9 Å². The highest BCUT2D eigenvalue weighted by molar-refractivity contribution is 7.92. The van der Waals surface area contributed by atoms with E-state index < -0.39 is 22.5 Å². The van der Waals surface area contributed by atoms with Gasteiger partial charge in [-0.15, -0.1) is 0 Å². The number of rotatable bonds is 8. The first-order valence-electron chi connectivity index (χ1n) is 10.6. The van der Waals surface area contributed by atoms with Crippen molar-refractivity contribution in [1.29, 1.82) is 0 Å². The van der Waals surface area contributed by atoms with Gasteiger partial charge >= 0.3 is 0 Å². The number of hydrazone groups is 1. The highest BCUT2D eigenvalue weighted by Crippen LogP contribution is 2.21. The Kier molecular flexibility index (Phi) is 8.26. The van der Waals surface area contributed by atoms with Gasteiger partial charge in [-0.1, -0.05) is 48.0 Å². The molecule has 3 rings (SSSR count). The Hall–Kier alpha value is -3.69. The molecule has 2 N–H and O–H groups in total. The molecule has 8 nitrogen and oxygen atoms in total. The fraction of sp³-hybridized carbons (Fsp3) is 0.160. The Morgan fingerprint density at radius 2 is 1.66 bits per heavy atom. The number of carbonyl (C=O) groups excluding carboxylic acids is 2. The lowest BCUT2D eigenvalue weighted by Gasteiger charge is -2.23. The number of anilines is 2. The zero-order valence-electron chi connectivity index (χ0n) is 19.4. The molecule has 0 radical (unpaired) electrons. The molecule has 2 amide bonds. The molecule has 0 atom stereocenters. The van der Waals surface area contributed by atoms with E-state index in [-0.39, 0.29) is 5.91 Å². The molecule has 3 aromatic rings. The fourth-order valence-corrected chi connectivity index (χ4v) is 4.36. The number of hydrogen-bond donors (Lipinski definition) is 2. The van der Waals surface area contributed by atoms with Gasteiger partial charge in [0, 0.05) is 16.3 Å². The largest absolute Gasteiger partial charge is 0.322 e. The predicted octanol–water partition coefficient (Wildman–Crippen LogP) is 4.21. The van der Waals surface area contributed by atoms with E-state index in [1.165, 1.54) is 0 Å². The minimum Gasteiger partial charge on any atom is -0.322 e. The highest BCUT2D eigenvalue weighted by atomic mass is 35.5. The van der Waals surface area contributed by atoms with E-state index in [0.29, 0.717) is 33.2 Å². The van der Waals surface area contributed by atoms with E-state index in [1.54, 1.807) is 86.6 Å². The standard InChI is InChI=1S/C25H25ClN4O4S/c1-17-8-4-5-13-23(17)30(35(3,33)34)16-24(31)29-28-18(2)19-9-7-12-22(15-19)27-25(32)20-10-6-11-21(26)14-20/h4-15H,16H2,1-3H3,(H,27,32)(H,29,31)/b28-18-. The van der Waals surface area contributed by atoms with Crippen molar-refractivity contribution in [2.75, 3.05) is 22.4 Å². The van der Waals surface area contributed by atoms with E-state index in [2.05, 4.69) is 15.8 Å². The molecule has 0 spiro atoms. The SMILES string of the molecule is C/C(=N/NC(=O)CN(c1ccccc1C)S(C)(=O)=O)c1cccc(NC(=O)c2cccc(Cl)c2)c1. The Morgan fingerprint density at radius 3 is 2.34 bits per heavy atom. The number of halogens is 1. The second kappa shape index (κ2) is 11.2. The number of para-hydroxylation sites is 1. The summed E-state index contributed by atoms with van der Waals surface area (Å²) in [6, 6.07) is 20.5. The molecule has 0 saturated heterocycles. The molecule has 0 aliphatic rings. The number of nitrogens with one attached hydrogen (secondary N) is 2. The van der Waals surface area contributed by atoms with Gasteiger partial charge < -0.3 is 5.32 Å². The summed E-state index contributed by atoms with van der Waals surface area (Å²) in [6.07, 6.45) is 1.05. The van der Waals surface area contributed by atoms with Crippen LogP contribution < -0.4 is 15.0 Å². The van der Waals surface area contributed by atoms with Crippen molar-refractivity contribution in [3.8, 4) is 0 Å². The molecular weight excluding hydrogens is 488 g/mol. The van der Waals surface area contributed by atoms with Crippen LogP contribution in [-0.4, -0.2) is 38.7 Å². The van der Waals surface area contributed by atoms with Crippen molar-refractivity contribution in [1.82, 2.24) is 5.43 Å². The average molecular weight is 513 g/mol. The predicted molar refractivity (Wildman–Crippen MR) is 140 cm³/mol. The van der Waals surface area contributed by atoms with E-state index in [1.807, 2.05) is 0 Å². The molecule has 0 fully saturated rings. The van der Waals surface area contributed by atoms with Gasteiger partial charge in [0.25, 0.3) is 11.8 Å². The number of sulfonamides is 1. The van der Waals surface area contributed by atoms with Crippen LogP contribution in [0, 0.1) is 6.92 Å². The number of carbonyl (C=O) groups is 2. The molecule has 10 heteroatoms. The maximum atomic E-state index is 12.5. The quantitative estimate of drug-likeness (QED) is 0.348. The van der Waals surface area contributed by atoms with Crippen LogP contribution in [0.5, 0.6) is 0 Å². The van der Waals surface area contributed by atoms with Gasteiger partial charge in [-0.2, -0.15) is 5.10 Å². The van der Waals surface area contributed by atoms with Crippen molar-refractivity contribution in [3.63, 3.8) is 0 Å². The van der Waals surface area contributed by atoms with E-state index in [9.17, 15) is 18.0 Å². The molecule has 0 unspecified atom stereocenters. The lowest BCUT2D eigenvalue weighted by atomic mass is 10.1. The maximum Gasteiger partial charge on any atom is 0.260 e. The van der Waals surface area contributed by atoms with Crippen LogP contribution in [0.2, 0.25) is 5.02 Å². The summed E-state index contributed by atoms with van der Waals surface area (Å²) in [6.45, 7) is 3.04. The van der Waals surface area contributed by atoms with Crippen LogP contribution in [0.3, 0.4) is 0 Å². The third kappa shape index (κ3) is 7.14. The zero-order chi connectivity index (χ0) is 25.6. The highest BCUT2D eigenvalue weighted by Gasteiger charge is 2.22. The lowest BCUT2D eigenvalue weighted by molar-refractivity contribution is -0.119. The summed E-state index contributed by atoms with van der Waals surface area (Å²) >= 11 is 5.95. The second-order valence-electron chi connectivity index (χ2n) is 7.83. The van der Waals surface area contributed by atoms with Gasteiger partial charge in [-0.25, -0.2) is 13.8 Å². The zero-order valence-corrected chi connectivity index (χ0v) is 21.0. The molecule has 0 aliphatic carbocycles. The van der Waals surface area contributed by atoms with Crippen LogP contribution in [0.4, 0.5) is 11.4 Å². The molecular formula is C25H25ClN4O4S. The van der Waals surface area contributed by atoms with E-state index >= 15 is 0 Å². The summed E-state index contributed by atoms with van der Waals surface area (Å²) in [5, 5.41) is 7.36. The second-order valence-corrected chi connectivity index (χ2v) is 10.2. The van der Waals surface area contributed by atoms with Gasteiger partial charge in [0.1, 0.15) is 6.54 Å². The minimum atomic E-state index is -3.69. The third-order valence-electron chi connectivity index (χ3n) is 5.05. The monoisotopic (exact) mass is 512 g/mol. The molecule has 182 valence electrons. The van der Waals surface area contributed by atoms with E-state index in [4.69, 9.17) is 11.6 Å². The Labute approximate surface area is 209 Å². The van der Waals surface area contributed by atoms with Gasteiger partial charge in [0.2, 0.25) is 10.0 Å². The van der Waals surface area contributed by atoms with Gasteiger partial charge in [-0.05, 0) is 61.4 Å². The molecule has 0 bridgehead atoms. The number of benzene rings is 3. The van der Waals surface area contributed by atoms with Gasteiger partial charge in [-0.3, -0.25) is 13.9 Å². The molecule has 0 saturated carbocycles. The van der Waals surface area contributed by atoms with Gasteiger partial charge in [0.05, 0.1) is 17.7 Å². The topological polar surface area (TPSA) is 108 Å². The lowest BCUT2D eigenvalue weighted by Crippen LogP contribution is -2.39. The van der Waals surface area contributed by atoms with Crippen LogP contribution in [0.25, 0.3) is 0 Å². The van der Waals surface area contributed by atoms with Crippen molar-refractivity contribution >= 4 is 50.5 Å². The Morgan fingerprint density at radius 1 is 0.971 bits per heavy atom. The number of amides is 2. The number of aryl methyl sites for hydroxylation is 1. The van der Waals surface area contributed by atoms with E-state index in [0.717, 1.165) is 16.1 Å². The van der Waals surface area contributed by atoms with Crippen molar-refractivity contribution < 1.29 is 18.0 Å². The first kappa shape index (κ1) is 25.9. The number of nitrogens with zero attached hydrogens (tertiary/aromatic N) is 2. The molecule has 3 aromatic carbocycles. The normalized spacial score (nSPS) is 11.6. The summed E-state index contributed by atoms with van der Waals surface area (Å²) in [5.41, 5.74) is 5.65. The molecule has 0 aromatic heterocycles. The van der Waals surface area contributed by atoms with Crippen molar-refractivity contribution in [2.45, 2.75) is 13.8 Å². The first-order valence-corrected chi connectivity index (χ1v) is 12.8. The summed E-state index contributed by atoms with van der Waals surface area (Å²) in [7, 11) is -3.69. The third-order valence-corrected chi connectivity index (χ3v) is 6.41. The average Bonchev–Trinajstić information content (AvgIpc) is 2.81. The summed E-state index contributed by atoms with van der Waals surface area (Å²) < 4.78 is 25.6. The fourth-order valence-electron chi connectivity index (χ4n) is 3.26. The summed E-state index contributed by atoms with van der Waals surface area (Å²) in [5.74, 6) is -0.909. The Balaban J connectivity index is 1.70. The van der Waals surface area contributed by atoms with Crippen LogP contribution >= 0.6 is 11.6 Å². The molecule has 0 heterocycles. The maximum absolute atomic E-state index is 12.5. The molecule has 0 aliphatic heterocycles. The number of hydrogen-bond acceptors (Lipinski definition) is 5.